The van der Waals surface area contributed by atoms with Crippen molar-refractivity contribution in [1.29, 1.82) is 0 Å². The Balaban J connectivity index is 1.59. The normalized spacial score (nSPS) is 21.0. The Labute approximate surface area is 161 Å². The number of nitrogen functional groups attached to an aromatic ring is 1. The van der Waals surface area contributed by atoms with Crippen LogP contribution in [0.3, 0.4) is 0 Å². The number of hydrogen-bond donors (Lipinski definition) is 2. The topological polar surface area (TPSA) is 61.6 Å². The van der Waals surface area contributed by atoms with Crippen LogP contribution < -0.4 is 16.0 Å². The number of fused-ring (bicyclic) bond motifs is 1. The summed E-state index contributed by atoms with van der Waals surface area (Å²) in [5.41, 5.74) is 9.40. The first-order valence-electron chi connectivity index (χ1n) is 9.86. The summed E-state index contributed by atoms with van der Waals surface area (Å²) < 4.78 is 0. The van der Waals surface area contributed by atoms with Crippen molar-refractivity contribution in [2.75, 3.05) is 36.8 Å². The molecule has 0 radical (unpaired) electrons. The fourth-order valence-electron chi connectivity index (χ4n) is 4.06. The van der Waals surface area contributed by atoms with Crippen molar-refractivity contribution >= 4 is 17.3 Å². The van der Waals surface area contributed by atoms with Gasteiger partial charge in [0, 0.05) is 18.8 Å². The summed E-state index contributed by atoms with van der Waals surface area (Å²) in [5.74, 6) is 0.814. The minimum absolute atomic E-state index is 0.0181. The number of carbonyl (C=O) groups is 1. The number of anilines is 2. The SMILES string of the molecule is CC1CCN(CCN2c3ccccc3C(=O)NC2c2ccc(N)cc2)CC1. The number of hydrogen-bond acceptors (Lipinski definition) is 4. The summed E-state index contributed by atoms with van der Waals surface area (Å²) in [6, 6.07) is 15.7. The van der Waals surface area contributed by atoms with E-state index < -0.39 is 0 Å². The Bertz CT molecular complexity index is 796. The van der Waals surface area contributed by atoms with Crippen molar-refractivity contribution in [1.82, 2.24) is 10.2 Å². The molecule has 2 aromatic carbocycles. The third-order valence-corrected chi connectivity index (χ3v) is 5.82. The van der Waals surface area contributed by atoms with E-state index in [-0.39, 0.29) is 12.1 Å². The molecule has 1 fully saturated rings. The molecule has 2 aliphatic heterocycles. The molecule has 5 heteroatoms. The summed E-state index contributed by atoms with van der Waals surface area (Å²) in [5, 5.41) is 3.18. The van der Waals surface area contributed by atoms with E-state index in [2.05, 4.69) is 28.1 Å². The van der Waals surface area contributed by atoms with Crippen LogP contribution in [-0.2, 0) is 0 Å². The van der Waals surface area contributed by atoms with E-state index in [0.717, 1.165) is 54.6 Å². The first-order chi connectivity index (χ1) is 13.1. The first-order valence-corrected chi connectivity index (χ1v) is 9.86. The number of para-hydroxylation sites is 1. The molecule has 5 nitrogen and oxygen atoms in total. The van der Waals surface area contributed by atoms with Crippen LogP contribution in [0.4, 0.5) is 11.4 Å². The molecule has 2 heterocycles. The van der Waals surface area contributed by atoms with Gasteiger partial charge in [-0.2, -0.15) is 0 Å². The van der Waals surface area contributed by atoms with Crippen LogP contribution in [0, 0.1) is 5.92 Å². The number of amides is 1. The van der Waals surface area contributed by atoms with Crippen molar-refractivity contribution in [2.24, 2.45) is 5.92 Å². The highest BCUT2D eigenvalue weighted by molar-refractivity contribution is 6.02. The molecule has 27 heavy (non-hydrogen) atoms. The number of likely N-dealkylation sites (tertiary alicyclic amines) is 1. The average Bonchev–Trinajstić information content (AvgIpc) is 2.69. The second-order valence-electron chi connectivity index (χ2n) is 7.78. The van der Waals surface area contributed by atoms with E-state index >= 15 is 0 Å². The number of rotatable bonds is 4. The van der Waals surface area contributed by atoms with Gasteiger partial charge in [-0.15, -0.1) is 0 Å². The maximum absolute atomic E-state index is 12.7. The zero-order valence-corrected chi connectivity index (χ0v) is 15.9. The predicted molar refractivity (Wildman–Crippen MR) is 110 cm³/mol. The van der Waals surface area contributed by atoms with Crippen molar-refractivity contribution in [2.45, 2.75) is 25.9 Å². The van der Waals surface area contributed by atoms with Gasteiger partial charge in [0.25, 0.3) is 5.91 Å². The zero-order valence-electron chi connectivity index (χ0n) is 15.9. The first kappa shape index (κ1) is 17.9. The molecule has 4 rings (SSSR count). The van der Waals surface area contributed by atoms with Gasteiger partial charge >= 0.3 is 0 Å². The van der Waals surface area contributed by atoms with Gasteiger partial charge in [-0.05, 0) is 61.7 Å². The second kappa shape index (κ2) is 7.61. The van der Waals surface area contributed by atoms with Crippen molar-refractivity contribution in [3.8, 4) is 0 Å². The lowest BCUT2D eigenvalue weighted by atomic mass is 9.99. The van der Waals surface area contributed by atoms with Gasteiger partial charge in [-0.3, -0.25) is 4.79 Å². The van der Waals surface area contributed by atoms with Gasteiger partial charge in [0.2, 0.25) is 0 Å². The van der Waals surface area contributed by atoms with Gasteiger partial charge in [-0.1, -0.05) is 31.2 Å². The van der Waals surface area contributed by atoms with Gasteiger partial charge in [0.1, 0.15) is 6.17 Å². The third kappa shape index (κ3) is 3.78. The molecule has 0 spiro atoms. The van der Waals surface area contributed by atoms with E-state index in [0.29, 0.717) is 0 Å². The summed E-state index contributed by atoms with van der Waals surface area (Å²) in [6.07, 6.45) is 2.38. The zero-order chi connectivity index (χ0) is 18.8. The van der Waals surface area contributed by atoms with Gasteiger partial charge in [0.15, 0.2) is 0 Å². The number of nitrogens with zero attached hydrogens (tertiary/aromatic N) is 2. The van der Waals surface area contributed by atoms with Crippen molar-refractivity contribution in [3.63, 3.8) is 0 Å². The molecular formula is C22H28N4O. The van der Waals surface area contributed by atoms with Crippen LogP contribution >= 0.6 is 0 Å². The van der Waals surface area contributed by atoms with Crippen LogP contribution in [0.15, 0.2) is 48.5 Å². The fourth-order valence-corrected chi connectivity index (χ4v) is 4.06. The lowest BCUT2D eigenvalue weighted by Crippen LogP contribution is -2.49. The van der Waals surface area contributed by atoms with Crippen LogP contribution in [-0.4, -0.2) is 37.0 Å². The van der Waals surface area contributed by atoms with Crippen molar-refractivity contribution in [3.05, 3.63) is 59.7 Å². The highest BCUT2D eigenvalue weighted by atomic mass is 16.2. The van der Waals surface area contributed by atoms with E-state index in [1.54, 1.807) is 0 Å². The Kier molecular flexibility index (Phi) is 5.03. The lowest BCUT2D eigenvalue weighted by Gasteiger charge is -2.41. The molecule has 0 aromatic heterocycles. The van der Waals surface area contributed by atoms with Crippen LogP contribution in [0.2, 0.25) is 0 Å². The summed E-state index contributed by atoms with van der Waals surface area (Å²) in [7, 11) is 0. The molecule has 142 valence electrons. The van der Waals surface area contributed by atoms with Gasteiger partial charge in [-0.25, -0.2) is 0 Å². The highest BCUT2D eigenvalue weighted by Crippen LogP contribution is 2.33. The Hall–Kier alpha value is -2.53. The Morgan fingerprint density at radius 2 is 1.74 bits per heavy atom. The number of benzene rings is 2. The predicted octanol–water partition coefficient (Wildman–Crippen LogP) is 3.25. The molecule has 0 aliphatic carbocycles. The third-order valence-electron chi connectivity index (χ3n) is 5.82. The van der Waals surface area contributed by atoms with Gasteiger partial charge in [0.05, 0.1) is 11.3 Å². The van der Waals surface area contributed by atoms with Crippen LogP contribution in [0.5, 0.6) is 0 Å². The monoisotopic (exact) mass is 364 g/mol. The molecule has 1 amide bonds. The molecule has 2 aliphatic rings. The Morgan fingerprint density at radius 1 is 1.04 bits per heavy atom. The molecular weight excluding hydrogens is 336 g/mol. The average molecular weight is 364 g/mol. The fraction of sp³-hybridized carbons (Fsp3) is 0.409. The second-order valence-corrected chi connectivity index (χ2v) is 7.78. The minimum atomic E-state index is -0.170. The standard InChI is InChI=1S/C22H28N4O/c1-16-10-12-25(13-11-16)14-15-26-20-5-3-2-4-19(20)22(27)24-21(26)17-6-8-18(23)9-7-17/h2-9,16,21H,10-15,23H2,1H3,(H,24,27). The summed E-state index contributed by atoms with van der Waals surface area (Å²) in [6.45, 7) is 6.54. The highest BCUT2D eigenvalue weighted by Gasteiger charge is 2.31. The number of carbonyl (C=O) groups excluding carboxylic acids is 1. The summed E-state index contributed by atoms with van der Waals surface area (Å²) in [4.78, 5) is 17.5. The molecule has 1 atom stereocenters. The molecule has 3 N–H and O–H groups in total. The van der Waals surface area contributed by atoms with Crippen LogP contribution in [0.25, 0.3) is 0 Å². The number of nitrogens with one attached hydrogen (secondary N) is 1. The van der Waals surface area contributed by atoms with E-state index in [9.17, 15) is 4.79 Å². The minimum Gasteiger partial charge on any atom is -0.399 e. The largest absolute Gasteiger partial charge is 0.399 e. The summed E-state index contributed by atoms with van der Waals surface area (Å²) >= 11 is 0. The van der Waals surface area contributed by atoms with E-state index in [4.69, 9.17) is 5.73 Å². The number of piperidine rings is 1. The maximum atomic E-state index is 12.7. The molecule has 0 bridgehead atoms. The molecule has 1 saturated heterocycles. The van der Waals surface area contributed by atoms with E-state index in [1.807, 2.05) is 42.5 Å². The van der Waals surface area contributed by atoms with Crippen LogP contribution in [0.1, 0.15) is 41.9 Å². The maximum Gasteiger partial charge on any atom is 0.255 e. The smallest absolute Gasteiger partial charge is 0.255 e. The molecule has 0 saturated carbocycles. The quantitative estimate of drug-likeness (QED) is 0.818. The number of nitrogens with two attached hydrogens (primary N) is 1. The van der Waals surface area contributed by atoms with Gasteiger partial charge < -0.3 is 20.9 Å². The van der Waals surface area contributed by atoms with E-state index in [1.165, 1.54) is 12.8 Å². The molecule has 1 unspecified atom stereocenters. The Morgan fingerprint density at radius 3 is 2.48 bits per heavy atom. The molecule has 2 aromatic rings. The van der Waals surface area contributed by atoms with Crippen molar-refractivity contribution < 1.29 is 4.79 Å². The lowest BCUT2D eigenvalue weighted by molar-refractivity contribution is 0.0925.